The highest BCUT2D eigenvalue weighted by Gasteiger charge is 2.48. The maximum atomic E-state index is 14.8. The molecule has 3 aromatic rings. The van der Waals surface area contributed by atoms with Crippen LogP contribution in [0.2, 0.25) is 5.02 Å². The van der Waals surface area contributed by atoms with Crippen LogP contribution < -0.4 is 10.5 Å². The van der Waals surface area contributed by atoms with E-state index in [0.717, 1.165) is 28.7 Å². The molecule has 2 aromatic carbocycles. The topological polar surface area (TPSA) is 79.0 Å². The third-order valence-electron chi connectivity index (χ3n) is 6.26. The van der Waals surface area contributed by atoms with Crippen LogP contribution in [-0.2, 0) is 15.0 Å². The molecule has 0 saturated carbocycles. The molecule has 0 fully saturated rings. The van der Waals surface area contributed by atoms with Crippen LogP contribution in [0.1, 0.15) is 23.1 Å². The van der Waals surface area contributed by atoms with Gasteiger partial charge in [-0.05, 0) is 47.4 Å². The Morgan fingerprint density at radius 3 is 2.76 bits per heavy atom. The van der Waals surface area contributed by atoms with Crippen LogP contribution in [0.5, 0.6) is 11.6 Å². The van der Waals surface area contributed by atoms with E-state index in [2.05, 4.69) is 11.1 Å². The van der Waals surface area contributed by atoms with Crippen LogP contribution in [-0.4, -0.2) is 30.8 Å². The molecule has 33 heavy (non-hydrogen) atoms. The first-order valence-corrected chi connectivity index (χ1v) is 11.0. The predicted molar refractivity (Wildman–Crippen MR) is 123 cm³/mol. The van der Waals surface area contributed by atoms with Crippen LogP contribution in [0.25, 0.3) is 16.7 Å². The fourth-order valence-electron chi connectivity index (χ4n) is 4.59. The second-order valence-electron chi connectivity index (χ2n) is 8.14. The SMILES string of the molecule is NC1=N[C@@]2(CO1)c1cc(-c3cccc(Cl)c3F)ccc1Oc1ncc(C3=CCOCC3)cc12. The van der Waals surface area contributed by atoms with E-state index in [1.54, 1.807) is 30.5 Å². The van der Waals surface area contributed by atoms with E-state index in [9.17, 15) is 4.39 Å². The zero-order valence-corrected chi connectivity index (χ0v) is 18.2. The van der Waals surface area contributed by atoms with Crippen molar-refractivity contribution in [3.8, 4) is 22.8 Å². The highest BCUT2D eigenvalue weighted by atomic mass is 35.5. The van der Waals surface area contributed by atoms with Crippen LogP contribution >= 0.6 is 11.6 Å². The van der Waals surface area contributed by atoms with Gasteiger partial charge in [-0.2, -0.15) is 0 Å². The Labute approximate surface area is 194 Å². The van der Waals surface area contributed by atoms with Crippen molar-refractivity contribution in [3.63, 3.8) is 0 Å². The molecule has 1 atom stereocenters. The lowest BCUT2D eigenvalue weighted by Gasteiger charge is -2.33. The van der Waals surface area contributed by atoms with Crippen molar-refractivity contribution in [2.24, 2.45) is 10.7 Å². The van der Waals surface area contributed by atoms with E-state index in [4.69, 9.17) is 36.5 Å². The van der Waals surface area contributed by atoms with Gasteiger partial charge in [0.2, 0.25) is 5.88 Å². The van der Waals surface area contributed by atoms with Crippen LogP contribution in [0.4, 0.5) is 4.39 Å². The summed E-state index contributed by atoms with van der Waals surface area (Å²) in [6.07, 6.45) is 4.65. The van der Waals surface area contributed by atoms with Gasteiger partial charge < -0.3 is 19.9 Å². The number of aliphatic imine (C=N–C) groups is 1. The van der Waals surface area contributed by atoms with E-state index in [1.807, 2.05) is 12.1 Å². The maximum Gasteiger partial charge on any atom is 0.283 e. The van der Waals surface area contributed by atoms with Crippen LogP contribution in [0.15, 0.2) is 59.7 Å². The third-order valence-corrected chi connectivity index (χ3v) is 6.55. The number of benzene rings is 2. The Kier molecular flexibility index (Phi) is 4.64. The van der Waals surface area contributed by atoms with Crippen molar-refractivity contribution < 1.29 is 18.6 Å². The first-order valence-electron chi connectivity index (χ1n) is 10.6. The lowest BCUT2D eigenvalue weighted by molar-refractivity contribution is 0.161. The van der Waals surface area contributed by atoms with Gasteiger partial charge in [0.25, 0.3) is 6.02 Å². The summed E-state index contributed by atoms with van der Waals surface area (Å²) in [6.45, 7) is 1.42. The summed E-state index contributed by atoms with van der Waals surface area (Å²) >= 11 is 6.02. The molecule has 0 saturated heterocycles. The fraction of sp³-hybridized carbons (Fsp3) is 0.200. The Balaban J connectivity index is 1.54. The first kappa shape index (κ1) is 20.2. The second kappa shape index (κ2) is 7.57. The lowest BCUT2D eigenvalue weighted by Crippen LogP contribution is -2.31. The predicted octanol–water partition coefficient (Wildman–Crippen LogP) is 5.04. The minimum atomic E-state index is -0.952. The number of nitrogens with two attached hydrogens (primary N) is 1. The standard InChI is InChI=1S/C25H19ClFN3O3/c26-20-3-1-2-17(22(20)27)15-4-5-21-18(10-15)25(13-32-24(28)30-25)19-11-16(12-29-23(19)33-21)14-6-8-31-9-7-14/h1-6,10-12H,7-9,13H2,(H2,28,30)/t25-/m0/s1. The smallest absolute Gasteiger partial charge is 0.283 e. The molecule has 3 aliphatic rings. The van der Waals surface area contributed by atoms with Crippen LogP contribution in [0, 0.1) is 5.82 Å². The average Bonchev–Trinajstić information content (AvgIpc) is 3.23. The highest BCUT2D eigenvalue weighted by molar-refractivity contribution is 6.31. The Morgan fingerprint density at radius 1 is 1.09 bits per heavy atom. The fourth-order valence-corrected chi connectivity index (χ4v) is 4.76. The number of pyridine rings is 1. The van der Waals surface area contributed by atoms with Gasteiger partial charge in [0, 0.05) is 17.3 Å². The minimum absolute atomic E-state index is 0.0616. The van der Waals surface area contributed by atoms with Gasteiger partial charge in [-0.15, -0.1) is 0 Å². The molecule has 0 amide bonds. The van der Waals surface area contributed by atoms with E-state index >= 15 is 0 Å². The molecule has 1 aromatic heterocycles. The molecule has 6 rings (SSSR count). The Morgan fingerprint density at radius 2 is 1.97 bits per heavy atom. The van der Waals surface area contributed by atoms with E-state index in [1.165, 1.54) is 6.07 Å². The summed E-state index contributed by atoms with van der Waals surface area (Å²) in [6, 6.07) is 12.5. The minimum Gasteiger partial charge on any atom is -0.462 e. The molecule has 0 unspecified atom stereocenters. The van der Waals surface area contributed by atoms with Gasteiger partial charge in [0.15, 0.2) is 5.54 Å². The Bertz CT molecular complexity index is 1360. The first-order chi connectivity index (χ1) is 16.0. The molecule has 166 valence electrons. The maximum absolute atomic E-state index is 14.8. The molecule has 6 nitrogen and oxygen atoms in total. The van der Waals surface area contributed by atoms with Crippen molar-refractivity contribution >= 4 is 23.2 Å². The van der Waals surface area contributed by atoms with Gasteiger partial charge in [-0.3, -0.25) is 0 Å². The number of aromatic nitrogens is 1. The summed E-state index contributed by atoms with van der Waals surface area (Å²) in [5.41, 5.74) is 9.69. The lowest BCUT2D eigenvalue weighted by atomic mass is 9.80. The summed E-state index contributed by atoms with van der Waals surface area (Å²) in [5.74, 6) is 0.537. The van der Waals surface area contributed by atoms with Crippen molar-refractivity contribution in [1.29, 1.82) is 0 Å². The normalized spacial score (nSPS) is 20.9. The quantitative estimate of drug-likeness (QED) is 0.576. The number of rotatable bonds is 2. The summed E-state index contributed by atoms with van der Waals surface area (Å²) in [5, 5.41) is 0.0616. The molecule has 1 spiro atoms. The molecule has 0 radical (unpaired) electrons. The highest BCUT2D eigenvalue weighted by Crippen LogP contribution is 2.51. The largest absolute Gasteiger partial charge is 0.462 e. The van der Waals surface area contributed by atoms with Gasteiger partial charge in [-0.25, -0.2) is 14.4 Å². The number of halogens is 2. The van der Waals surface area contributed by atoms with Gasteiger partial charge in [0.1, 0.15) is 18.2 Å². The van der Waals surface area contributed by atoms with Crippen molar-refractivity contribution in [1.82, 2.24) is 4.98 Å². The average molecular weight is 464 g/mol. The van der Waals surface area contributed by atoms with Gasteiger partial charge in [0.05, 0.1) is 23.8 Å². The number of hydrogen-bond acceptors (Lipinski definition) is 6. The van der Waals surface area contributed by atoms with Crippen molar-refractivity contribution in [2.75, 3.05) is 19.8 Å². The number of hydrogen-bond donors (Lipinski definition) is 1. The number of ether oxygens (including phenoxy) is 3. The van der Waals surface area contributed by atoms with Gasteiger partial charge in [-0.1, -0.05) is 35.9 Å². The van der Waals surface area contributed by atoms with Crippen molar-refractivity contribution in [3.05, 3.63) is 82.3 Å². The molecule has 2 N–H and O–H groups in total. The molecule has 0 bridgehead atoms. The van der Waals surface area contributed by atoms with Crippen LogP contribution in [0.3, 0.4) is 0 Å². The van der Waals surface area contributed by atoms with E-state index in [-0.39, 0.29) is 17.7 Å². The summed E-state index contributed by atoms with van der Waals surface area (Å²) in [4.78, 5) is 9.31. The molecule has 4 heterocycles. The molecular weight excluding hydrogens is 445 g/mol. The second-order valence-corrected chi connectivity index (χ2v) is 8.55. The molecule has 3 aliphatic heterocycles. The van der Waals surface area contributed by atoms with Gasteiger partial charge >= 0.3 is 0 Å². The zero-order chi connectivity index (χ0) is 22.6. The zero-order valence-electron chi connectivity index (χ0n) is 17.5. The van der Waals surface area contributed by atoms with Crippen molar-refractivity contribution in [2.45, 2.75) is 12.0 Å². The number of nitrogens with zero attached hydrogens (tertiary/aromatic N) is 2. The van der Waals surface area contributed by atoms with E-state index < -0.39 is 11.4 Å². The summed E-state index contributed by atoms with van der Waals surface area (Å²) in [7, 11) is 0. The number of fused-ring (bicyclic) bond motifs is 4. The number of amidine groups is 1. The van der Waals surface area contributed by atoms with E-state index in [0.29, 0.717) is 36.0 Å². The molecular formula is C25H19ClFN3O3. The Hall–Kier alpha value is -3.42. The summed E-state index contributed by atoms with van der Waals surface area (Å²) < 4.78 is 32.0. The molecule has 0 aliphatic carbocycles. The monoisotopic (exact) mass is 463 g/mol. The molecule has 8 heteroatoms. The third kappa shape index (κ3) is 3.19.